The Balaban J connectivity index is 0.00000181. The molecule has 3 aromatic rings. The lowest BCUT2D eigenvalue weighted by molar-refractivity contribution is 0.0771. The third-order valence-electron chi connectivity index (χ3n) is 5.21. The summed E-state index contributed by atoms with van der Waals surface area (Å²) >= 11 is 1.49. The van der Waals surface area contributed by atoms with E-state index in [1.54, 1.807) is 24.4 Å². The topological polar surface area (TPSA) is 92.4 Å². The van der Waals surface area contributed by atoms with Crippen molar-refractivity contribution in [1.29, 1.82) is 0 Å². The molecule has 0 unspecified atom stereocenters. The first-order valence-corrected chi connectivity index (χ1v) is 10.7. The molecule has 3 aromatic heterocycles. The van der Waals surface area contributed by atoms with E-state index in [0.29, 0.717) is 30.9 Å². The molecule has 30 heavy (non-hydrogen) atoms. The normalized spacial score (nSPS) is 14.4. The minimum Gasteiger partial charge on any atom is -0.383 e. The van der Waals surface area contributed by atoms with E-state index in [0.717, 1.165) is 29.2 Å². The first-order chi connectivity index (χ1) is 14.5. The molecule has 2 N–H and O–H groups in total. The number of thiophene rings is 1. The zero-order chi connectivity index (χ0) is 21.1. The molecule has 0 radical (unpaired) electrons. The van der Waals surface area contributed by atoms with Gasteiger partial charge in [0.2, 0.25) is 5.78 Å². The van der Waals surface area contributed by atoms with Gasteiger partial charge in [0.1, 0.15) is 17.3 Å². The van der Waals surface area contributed by atoms with Crippen molar-refractivity contribution < 1.29 is 12.4 Å². The molecule has 0 aromatic carbocycles. The van der Waals surface area contributed by atoms with Crippen LogP contribution in [0.25, 0.3) is 0 Å². The summed E-state index contributed by atoms with van der Waals surface area (Å²) in [5.41, 5.74) is 7.55. The van der Waals surface area contributed by atoms with Crippen LogP contribution in [-0.4, -0.2) is 52.7 Å². The number of rotatable bonds is 4. The van der Waals surface area contributed by atoms with E-state index in [2.05, 4.69) is 14.9 Å². The number of carbonyl (C=O) groups excluding carboxylic acids is 2. The van der Waals surface area contributed by atoms with Gasteiger partial charge in [-0.25, -0.2) is 9.97 Å². The third kappa shape index (κ3) is 4.04. The van der Waals surface area contributed by atoms with Crippen molar-refractivity contribution in [2.24, 2.45) is 0 Å². The van der Waals surface area contributed by atoms with Gasteiger partial charge in [0.25, 0.3) is 5.91 Å². The molecule has 1 aliphatic rings. The molecule has 0 saturated carbocycles. The predicted molar refractivity (Wildman–Crippen MR) is 122 cm³/mol. The number of hydrogen-bond donors (Lipinski definition) is 1. The summed E-state index contributed by atoms with van der Waals surface area (Å²) in [5.74, 6) is 0.767. The van der Waals surface area contributed by atoms with Crippen LogP contribution in [-0.2, 0) is 0 Å². The second-order valence-electron chi connectivity index (χ2n) is 7.21. The van der Waals surface area contributed by atoms with Crippen LogP contribution in [0.3, 0.4) is 0 Å². The smallest absolute Gasteiger partial charge is 0.264 e. The maximum atomic E-state index is 12.8. The number of amides is 1. The first-order valence-electron chi connectivity index (χ1n) is 9.85. The summed E-state index contributed by atoms with van der Waals surface area (Å²) in [5, 5.41) is 1.95. The summed E-state index contributed by atoms with van der Waals surface area (Å²) in [6.07, 6.45) is 2.39. The Hall–Kier alpha value is -3.26. The Morgan fingerprint density at radius 1 is 1.10 bits per heavy atom. The molecule has 0 bridgehead atoms. The fraction of sp³-hybridized carbons (Fsp3) is 0.273. The molecule has 1 aliphatic heterocycles. The zero-order valence-electron chi connectivity index (χ0n) is 16.7. The van der Waals surface area contributed by atoms with Gasteiger partial charge in [0, 0.05) is 35.2 Å². The average molecular weight is 426 g/mol. The maximum Gasteiger partial charge on any atom is 0.264 e. The summed E-state index contributed by atoms with van der Waals surface area (Å²) in [4.78, 5) is 39.1. The largest absolute Gasteiger partial charge is 0.383 e. The monoisotopic (exact) mass is 425 g/mol. The molecule has 158 valence electrons. The molecular formula is C22H27N5O2S. The van der Waals surface area contributed by atoms with Crippen LogP contribution in [0.4, 0.5) is 11.6 Å². The van der Waals surface area contributed by atoms with E-state index >= 15 is 0 Å². The Morgan fingerprint density at radius 3 is 2.73 bits per heavy atom. The molecule has 1 saturated heterocycles. The van der Waals surface area contributed by atoms with Gasteiger partial charge in [-0.3, -0.25) is 9.59 Å². The standard InChI is InChI=1S/C22H23N5O2S.2H2/c1-15-8-14-30-20(15)22(29)27-11-4-10-26(12-13-27)18-7-2-6-17(25-18)19(28)16-5-3-9-24-21(16)23;;/h2-3,5-9,14H,4,10-13H2,1H3,(H2,23,24);2*1H. The van der Waals surface area contributed by atoms with E-state index in [-0.39, 0.29) is 20.4 Å². The van der Waals surface area contributed by atoms with Crippen LogP contribution in [0.5, 0.6) is 0 Å². The second kappa shape index (κ2) is 8.62. The van der Waals surface area contributed by atoms with E-state index in [4.69, 9.17) is 5.73 Å². The second-order valence-corrected chi connectivity index (χ2v) is 8.13. The molecule has 0 aliphatic carbocycles. The number of aromatic nitrogens is 2. The molecule has 4 rings (SSSR count). The fourth-order valence-corrected chi connectivity index (χ4v) is 4.45. The predicted octanol–water partition coefficient (Wildman–Crippen LogP) is 3.50. The Labute approximate surface area is 182 Å². The molecular weight excluding hydrogens is 398 g/mol. The van der Waals surface area contributed by atoms with Gasteiger partial charge >= 0.3 is 0 Å². The summed E-state index contributed by atoms with van der Waals surface area (Å²) in [6.45, 7) is 4.72. The number of hydrogen-bond acceptors (Lipinski definition) is 7. The van der Waals surface area contributed by atoms with Gasteiger partial charge in [-0.15, -0.1) is 11.3 Å². The van der Waals surface area contributed by atoms with Crippen molar-refractivity contribution in [2.45, 2.75) is 13.3 Å². The van der Waals surface area contributed by atoms with Gasteiger partial charge < -0.3 is 15.5 Å². The summed E-state index contributed by atoms with van der Waals surface area (Å²) in [6, 6.07) is 10.7. The minimum absolute atomic E-state index is 0. The number of nitrogens with zero attached hydrogens (tertiary/aromatic N) is 4. The number of pyridine rings is 2. The lowest BCUT2D eigenvalue weighted by Gasteiger charge is -2.23. The number of anilines is 2. The van der Waals surface area contributed by atoms with Gasteiger partial charge in [0.05, 0.1) is 10.4 Å². The lowest BCUT2D eigenvalue weighted by Crippen LogP contribution is -2.35. The van der Waals surface area contributed by atoms with Crippen LogP contribution in [0.1, 0.15) is 40.6 Å². The molecule has 0 spiro atoms. The molecule has 1 fully saturated rings. The van der Waals surface area contributed by atoms with Crippen molar-refractivity contribution in [3.05, 3.63) is 69.7 Å². The van der Waals surface area contributed by atoms with E-state index in [9.17, 15) is 9.59 Å². The number of nitrogens with two attached hydrogens (primary N) is 1. The highest BCUT2D eigenvalue weighted by atomic mass is 32.1. The van der Waals surface area contributed by atoms with Crippen molar-refractivity contribution in [1.82, 2.24) is 14.9 Å². The SMILES string of the molecule is Cc1ccsc1C(=O)N1CCCN(c2cccc(C(=O)c3cccnc3N)n2)CC1.[HH].[HH]. The highest BCUT2D eigenvalue weighted by molar-refractivity contribution is 7.12. The molecule has 7 nitrogen and oxygen atoms in total. The van der Waals surface area contributed by atoms with Crippen molar-refractivity contribution in [2.75, 3.05) is 36.8 Å². The Bertz CT molecular complexity index is 1090. The molecule has 8 heteroatoms. The molecule has 1 amide bonds. The lowest BCUT2D eigenvalue weighted by atomic mass is 10.1. The summed E-state index contributed by atoms with van der Waals surface area (Å²) < 4.78 is 0. The first kappa shape index (κ1) is 20.0. The average Bonchev–Trinajstić information content (AvgIpc) is 3.04. The van der Waals surface area contributed by atoms with E-state index < -0.39 is 0 Å². The van der Waals surface area contributed by atoms with Crippen LogP contribution in [0.15, 0.2) is 48.0 Å². The number of nitrogen functional groups attached to an aromatic ring is 1. The van der Waals surface area contributed by atoms with Crippen molar-refractivity contribution >= 4 is 34.7 Å². The van der Waals surface area contributed by atoms with Gasteiger partial charge in [0.15, 0.2) is 0 Å². The van der Waals surface area contributed by atoms with Gasteiger partial charge in [-0.1, -0.05) is 6.07 Å². The van der Waals surface area contributed by atoms with Crippen LogP contribution in [0.2, 0.25) is 0 Å². The fourth-order valence-electron chi connectivity index (χ4n) is 3.56. The van der Waals surface area contributed by atoms with Crippen molar-refractivity contribution in [3.63, 3.8) is 0 Å². The third-order valence-corrected chi connectivity index (χ3v) is 6.22. The van der Waals surface area contributed by atoms with E-state index in [1.807, 2.05) is 35.4 Å². The Morgan fingerprint density at radius 2 is 1.97 bits per heavy atom. The van der Waals surface area contributed by atoms with Gasteiger partial charge in [-0.2, -0.15) is 0 Å². The van der Waals surface area contributed by atoms with Gasteiger partial charge in [-0.05, 0) is 54.6 Å². The minimum atomic E-state index is -0.248. The van der Waals surface area contributed by atoms with Crippen LogP contribution < -0.4 is 10.6 Å². The highest BCUT2D eigenvalue weighted by Crippen LogP contribution is 2.21. The number of carbonyl (C=O) groups is 2. The summed E-state index contributed by atoms with van der Waals surface area (Å²) in [7, 11) is 0. The van der Waals surface area contributed by atoms with E-state index in [1.165, 1.54) is 11.3 Å². The number of ketones is 1. The zero-order valence-corrected chi connectivity index (χ0v) is 17.6. The maximum absolute atomic E-state index is 12.8. The van der Waals surface area contributed by atoms with Crippen LogP contribution >= 0.6 is 11.3 Å². The molecule has 4 heterocycles. The van der Waals surface area contributed by atoms with Crippen molar-refractivity contribution in [3.8, 4) is 0 Å². The molecule has 0 atom stereocenters. The Kier molecular flexibility index (Phi) is 5.76. The van der Waals surface area contributed by atoms with Crippen LogP contribution in [0, 0.1) is 6.92 Å². The highest BCUT2D eigenvalue weighted by Gasteiger charge is 2.23. The quantitative estimate of drug-likeness (QED) is 0.643. The number of aryl methyl sites for hydroxylation is 1.